The molecule has 3 aliphatic heterocycles. The van der Waals surface area contributed by atoms with Crippen LogP contribution in [0.25, 0.3) is 0 Å². The van der Waals surface area contributed by atoms with Gasteiger partial charge in [-0.15, -0.1) is 0 Å². The topological polar surface area (TPSA) is 100 Å². The summed E-state index contributed by atoms with van der Waals surface area (Å²) in [5, 5.41) is 6.22. The highest BCUT2D eigenvalue weighted by atomic mass is 16.5. The fourth-order valence-electron chi connectivity index (χ4n) is 7.19. The molecule has 3 fully saturated rings. The monoisotopic (exact) mass is 572 g/mol. The van der Waals surface area contributed by atoms with Crippen molar-refractivity contribution in [2.24, 2.45) is 11.8 Å². The molecule has 9 heteroatoms. The van der Waals surface area contributed by atoms with Gasteiger partial charge in [-0.2, -0.15) is 0 Å². The smallest absolute Gasteiger partial charge is 0.246 e. The van der Waals surface area contributed by atoms with Crippen LogP contribution in [0.3, 0.4) is 0 Å². The fourth-order valence-corrected chi connectivity index (χ4v) is 7.19. The summed E-state index contributed by atoms with van der Waals surface area (Å²) in [6, 6.07) is 16.5. The molecule has 2 saturated heterocycles. The second-order valence-electron chi connectivity index (χ2n) is 12.0. The Balaban J connectivity index is 1.24. The van der Waals surface area contributed by atoms with E-state index in [1.807, 2.05) is 37.4 Å². The minimum absolute atomic E-state index is 0.0937. The van der Waals surface area contributed by atoms with Crippen molar-refractivity contribution >= 4 is 23.4 Å². The minimum atomic E-state index is -1.17. The van der Waals surface area contributed by atoms with Gasteiger partial charge in [0, 0.05) is 31.4 Å². The molecule has 5 atom stereocenters. The van der Waals surface area contributed by atoms with Gasteiger partial charge in [-0.1, -0.05) is 61.7 Å². The molecular weight excluding hydrogens is 532 g/mol. The van der Waals surface area contributed by atoms with E-state index in [-0.39, 0.29) is 23.8 Å². The van der Waals surface area contributed by atoms with Crippen LogP contribution in [0.1, 0.15) is 37.7 Å². The number of carbonyl (C=O) groups excluding carboxylic acids is 3. The largest absolute Gasteiger partial charge is 0.497 e. The number of ether oxygens (including phenoxy) is 2. The lowest BCUT2D eigenvalue weighted by Crippen LogP contribution is -2.57. The lowest BCUT2D eigenvalue weighted by atomic mass is 9.74. The number of likely N-dealkylation sites (tertiary alicyclic amines) is 1. The van der Waals surface area contributed by atoms with E-state index < -0.39 is 29.6 Å². The van der Waals surface area contributed by atoms with Crippen LogP contribution in [-0.4, -0.2) is 78.6 Å². The minimum Gasteiger partial charge on any atom is -0.497 e. The van der Waals surface area contributed by atoms with Crippen LogP contribution < -0.4 is 15.4 Å². The molecule has 6 rings (SSSR count). The maximum Gasteiger partial charge on any atom is 0.246 e. The summed E-state index contributed by atoms with van der Waals surface area (Å²) in [6.07, 6.45) is 8.39. The lowest BCUT2D eigenvalue weighted by Gasteiger charge is -2.34. The third-order valence-electron chi connectivity index (χ3n) is 9.25. The fraction of sp³-hybridized carbons (Fsp3) is 0.485. The maximum atomic E-state index is 14.2. The summed E-state index contributed by atoms with van der Waals surface area (Å²) < 4.78 is 11.7. The summed E-state index contributed by atoms with van der Waals surface area (Å²) in [7, 11) is 3.60. The molecule has 2 N–H and O–H groups in total. The van der Waals surface area contributed by atoms with Gasteiger partial charge in [0.05, 0.1) is 25.0 Å². The number of nitrogens with one attached hydrogen (secondary N) is 2. The second kappa shape index (κ2) is 11.9. The van der Waals surface area contributed by atoms with E-state index in [2.05, 4.69) is 27.7 Å². The zero-order valence-corrected chi connectivity index (χ0v) is 24.3. The molecule has 3 heterocycles. The standard InChI is InChI=1S/C33H40N4O5/c1-36(21-22-9-5-3-6-10-22)19-20-37-29(31(39)35-23-11-7-4-8-12-23)33-18-17-26(42-33)27(28(33)32(37)40)30(38)34-24-13-15-25(41-2)16-14-24/h3,5-6,9-10,13-18,23,26-29H,4,7-8,11-12,19-21H2,1-2H3,(H,34,38)(H,35,39)/t26-,27?,28-,29?,33?/m0/s1. The molecule has 42 heavy (non-hydrogen) atoms. The van der Waals surface area contributed by atoms with Gasteiger partial charge in [0.1, 0.15) is 17.4 Å². The Bertz CT molecular complexity index is 1330. The van der Waals surface area contributed by atoms with Crippen LogP contribution in [0.5, 0.6) is 5.75 Å². The van der Waals surface area contributed by atoms with E-state index in [1.165, 1.54) is 12.0 Å². The van der Waals surface area contributed by atoms with E-state index in [0.29, 0.717) is 24.5 Å². The molecule has 2 bridgehead atoms. The van der Waals surface area contributed by atoms with Gasteiger partial charge in [0.15, 0.2) is 0 Å². The molecule has 2 aromatic carbocycles. The number of hydrogen-bond donors (Lipinski definition) is 2. The molecule has 3 unspecified atom stereocenters. The molecule has 3 amide bonds. The van der Waals surface area contributed by atoms with Crippen LogP contribution in [0.15, 0.2) is 66.7 Å². The van der Waals surface area contributed by atoms with E-state index >= 15 is 0 Å². The molecule has 1 saturated carbocycles. The maximum absolute atomic E-state index is 14.2. The van der Waals surface area contributed by atoms with Crippen molar-refractivity contribution in [3.63, 3.8) is 0 Å². The number of likely N-dealkylation sites (N-methyl/N-ethyl adjacent to an activating group) is 1. The Labute approximate surface area is 247 Å². The van der Waals surface area contributed by atoms with Crippen LogP contribution in [0.2, 0.25) is 0 Å². The molecule has 4 aliphatic rings. The highest BCUT2D eigenvalue weighted by molar-refractivity contribution is 6.02. The Hall–Kier alpha value is -3.69. The highest BCUT2D eigenvalue weighted by Gasteiger charge is 2.72. The second-order valence-corrected chi connectivity index (χ2v) is 12.0. The van der Waals surface area contributed by atoms with Crippen molar-refractivity contribution < 1.29 is 23.9 Å². The Kier molecular flexibility index (Phi) is 8.05. The molecule has 1 aliphatic carbocycles. The third kappa shape index (κ3) is 5.31. The third-order valence-corrected chi connectivity index (χ3v) is 9.25. The van der Waals surface area contributed by atoms with Crippen LogP contribution >= 0.6 is 0 Å². The quantitative estimate of drug-likeness (QED) is 0.424. The zero-order chi connectivity index (χ0) is 29.3. The normalized spacial score (nSPS) is 28.3. The molecular formula is C33H40N4O5. The first-order valence-electron chi connectivity index (χ1n) is 15.0. The molecule has 222 valence electrons. The van der Waals surface area contributed by atoms with Crippen LogP contribution in [0, 0.1) is 11.8 Å². The van der Waals surface area contributed by atoms with Gasteiger partial charge in [0.2, 0.25) is 17.7 Å². The lowest BCUT2D eigenvalue weighted by molar-refractivity contribution is -0.141. The average molecular weight is 573 g/mol. The molecule has 9 nitrogen and oxygen atoms in total. The first-order valence-corrected chi connectivity index (χ1v) is 15.0. The Morgan fingerprint density at radius 1 is 1.05 bits per heavy atom. The molecule has 0 aromatic heterocycles. The highest BCUT2D eigenvalue weighted by Crippen LogP contribution is 2.55. The van der Waals surface area contributed by atoms with Gasteiger partial charge in [-0.25, -0.2) is 0 Å². The first kappa shape index (κ1) is 28.4. The molecule has 2 aromatic rings. The molecule has 0 radical (unpaired) electrons. The number of methoxy groups -OCH3 is 1. The van der Waals surface area contributed by atoms with Crippen LogP contribution in [-0.2, 0) is 25.7 Å². The Morgan fingerprint density at radius 2 is 1.79 bits per heavy atom. The summed E-state index contributed by atoms with van der Waals surface area (Å²) in [6.45, 7) is 1.66. The van der Waals surface area contributed by atoms with E-state index in [9.17, 15) is 14.4 Å². The van der Waals surface area contributed by atoms with Crippen molar-refractivity contribution in [1.82, 2.24) is 15.1 Å². The van der Waals surface area contributed by atoms with Crippen molar-refractivity contribution in [3.8, 4) is 5.75 Å². The first-order chi connectivity index (χ1) is 20.4. The van der Waals surface area contributed by atoms with Crippen molar-refractivity contribution in [1.29, 1.82) is 0 Å². The number of nitrogens with zero attached hydrogens (tertiary/aromatic N) is 2. The Morgan fingerprint density at radius 3 is 2.50 bits per heavy atom. The van der Waals surface area contributed by atoms with Crippen molar-refractivity contribution in [2.45, 2.75) is 62.4 Å². The summed E-state index contributed by atoms with van der Waals surface area (Å²) in [5.41, 5.74) is 0.619. The van der Waals surface area contributed by atoms with Gasteiger partial charge in [0.25, 0.3) is 0 Å². The number of amides is 3. The van der Waals surface area contributed by atoms with Gasteiger partial charge in [-0.05, 0) is 49.7 Å². The zero-order valence-electron chi connectivity index (χ0n) is 24.3. The average Bonchev–Trinajstić information content (AvgIpc) is 3.64. The predicted octanol–water partition coefficient (Wildman–Crippen LogP) is 3.37. The van der Waals surface area contributed by atoms with Crippen molar-refractivity contribution in [2.75, 3.05) is 32.6 Å². The number of rotatable bonds is 10. The van der Waals surface area contributed by atoms with Gasteiger partial charge in [-0.3, -0.25) is 14.4 Å². The van der Waals surface area contributed by atoms with E-state index in [1.54, 1.807) is 36.3 Å². The number of hydrogen-bond acceptors (Lipinski definition) is 6. The number of benzene rings is 2. The molecule has 1 spiro atoms. The SMILES string of the molecule is COc1ccc(NC(=O)C2[C@@H]3C=CC4(O3)C(C(=O)NC3CCCCC3)N(CCN(C)Cc3ccccc3)C(=O)[C@H]24)cc1. The summed E-state index contributed by atoms with van der Waals surface area (Å²) in [4.78, 5) is 45.7. The van der Waals surface area contributed by atoms with Gasteiger partial charge >= 0.3 is 0 Å². The van der Waals surface area contributed by atoms with Gasteiger partial charge < -0.3 is 29.9 Å². The predicted molar refractivity (Wildman–Crippen MR) is 159 cm³/mol. The summed E-state index contributed by atoms with van der Waals surface area (Å²) in [5.74, 6) is -1.50. The number of carbonyl (C=O) groups is 3. The van der Waals surface area contributed by atoms with Crippen LogP contribution in [0.4, 0.5) is 5.69 Å². The number of anilines is 1. The number of fused-ring (bicyclic) bond motifs is 1. The summed E-state index contributed by atoms with van der Waals surface area (Å²) >= 11 is 0. The van der Waals surface area contributed by atoms with E-state index in [4.69, 9.17) is 9.47 Å². The van der Waals surface area contributed by atoms with Crippen molar-refractivity contribution in [3.05, 3.63) is 72.3 Å². The van der Waals surface area contributed by atoms with E-state index in [0.717, 1.165) is 32.2 Å².